The molecule has 0 amide bonds. The summed E-state index contributed by atoms with van der Waals surface area (Å²) in [7, 11) is 0. The van der Waals surface area contributed by atoms with Crippen molar-refractivity contribution < 1.29 is 10.5 Å². The maximum atomic E-state index is 5.74. The number of aromatic amines is 1. The van der Waals surface area contributed by atoms with E-state index in [9.17, 15) is 0 Å². The molecular weight excluding hydrogens is 238 g/mol. The topological polar surface area (TPSA) is 69.9 Å². The minimum absolute atomic E-state index is 0. The second kappa shape index (κ2) is 6.27. The Balaban J connectivity index is 0.00000144. The molecule has 0 aromatic carbocycles. The molecule has 17 heavy (non-hydrogen) atoms. The third-order valence-corrected chi connectivity index (χ3v) is 2.67. The van der Waals surface area contributed by atoms with Gasteiger partial charge in [0, 0.05) is 30.9 Å². The van der Waals surface area contributed by atoms with Crippen LogP contribution in [0.15, 0.2) is 36.9 Å². The molecule has 0 aliphatic carbocycles. The van der Waals surface area contributed by atoms with E-state index in [-0.39, 0.29) is 5.48 Å². The lowest BCUT2D eigenvalue weighted by molar-refractivity contribution is -0.378. The Kier molecular flexibility index (Phi) is 5.00. The molecule has 0 aliphatic rings. The van der Waals surface area contributed by atoms with Crippen molar-refractivity contribution in [2.45, 2.75) is 19.3 Å². The molecule has 1 atom stereocenters. The van der Waals surface area contributed by atoms with Gasteiger partial charge >= 0.3 is 0 Å². The Hall–Kier alpha value is -1.52. The molecule has 5 heteroatoms. The summed E-state index contributed by atoms with van der Waals surface area (Å²) in [6.45, 7) is 2.16. The fourth-order valence-corrected chi connectivity index (χ4v) is 1.66. The molecule has 1 unspecified atom stereocenters. The van der Waals surface area contributed by atoms with E-state index in [0.717, 1.165) is 12.2 Å². The summed E-state index contributed by atoms with van der Waals surface area (Å²) < 4.78 is 0. The van der Waals surface area contributed by atoms with Gasteiger partial charge in [-0.2, -0.15) is 0 Å². The first-order valence-corrected chi connectivity index (χ1v) is 5.56. The van der Waals surface area contributed by atoms with Crippen molar-refractivity contribution in [2.24, 2.45) is 0 Å². The van der Waals surface area contributed by atoms with Crippen LogP contribution in [0.2, 0.25) is 5.02 Å². The summed E-state index contributed by atoms with van der Waals surface area (Å²) >= 11 is 5.74. The largest absolute Gasteiger partial charge is 0.870 e. The molecule has 0 radical (unpaired) electrons. The van der Waals surface area contributed by atoms with Crippen molar-refractivity contribution in [3.8, 4) is 0 Å². The number of rotatable bonds is 3. The second-order valence-corrected chi connectivity index (χ2v) is 4.19. The molecule has 2 aromatic heterocycles. The summed E-state index contributed by atoms with van der Waals surface area (Å²) in [5.74, 6) is 1.22. The van der Waals surface area contributed by atoms with Gasteiger partial charge < -0.3 is 5.48 Å². The van der Waals surface area contributed by atoms with E-state index in [0.29, 0.717) is 10.9 Å². The normalized spacial score (nSPS) is 11.6. The van der Waals surface area contributed by atoms with Crippen LogP contribution >= 0.6 is 11.6 Å². The molecule has 90 valence electrons. The van der Waals surface area contributed by atoms with Gasteiger partial charge in [0.2, 0.25) is 0 Å². The van der Waals surface area contributed by atoms with Crippen molar-refractivity contribution in [3.63, 3.8) is 0 Å². The maximum Gasteiger partial charge on any atom is 0.167 e. The summed E-state index contributed by atoms with van der Waals surface area (Å²) in [6.07, 6.45) is 7.94. The zero-order valence-electron chi connectivity index (χ0n) is 9.47. The van der Waals surface area contributed by atoms with Crippen molar-refractivity contribution in [1.29, 1.82) is 0 Å². The number of halogens is 1. The Labute approximate surface area is 105 Å². The van der Waals surface area contributed by atoms with Gasteiger partial charge in [-0.15, -0.1) is 0 Å². The molecule has 0 aliphatic heterocycles. The average Bonchev–Trinajstić information content (AvgIpc) is 2.33. The molecular formula is C12H14ClN3O. The summed E-state index contributed by atoms with van der Waals surface area (Å²) in [5, 5.41) is 0.575. The number of H-pyrrole nitrogens is 1. The van der Waals surface area contributed by atoms with E-state index in [2.05, 4.69) is 34.0 Å². The Bertz CT molecular complexity index is 447. The predicted molar refractivity (Wildman–Crippen MR) is 64.1 cm³/mol. The summed E-state index contributed by atoms with van der Waals surface area (Å²) in [6, 6.07) is 4.14. The highest BCUT2D eigenvalue weighted by molar-refractivity contribution is 6.30. The molecule has 2 aromatic rings. The quantitative estimate of drug-likeness (QED) is 0.839. The Morgan fingerprint density at radius 1 is 1.24 bits per heavy atom. The van der Waals surface area contributed by atoms with E-state index in [1.54, 1.807) is 12.4 Å². The van der Waals surface area contributed by atoms with E-state index in [1.165, 1.54) is 5.56 Å². The first-order valence-electron chi connectivity index (χ1n) is 5.18. The van der Waals surface area contributed by atoms with Crippen molar-refractivity contribution in [1.82, 2.24) is 9.97 Å². The molecule has 0 saturated heterocycles. The van der Waals surface area contributed by atoms with Gasteiger partial charge in [-0.25, -0.2) is 15.0 Å². The van der Waals surface area contributed by atoms with Crippen LogP contribution in [0.25, 0.3) is 0 Å². The van der Waals surface area contributed by atoms with Crippen molar-refractivity contribution in [2.75, 3.05) is 0 Å². The highest BCUT2D eigenvalue weighted by Crippen LogP contribution is 2.17. The predicted octanol–water partition coefficient (Wildman–Crippen LogP) is 2.11. The number of pyridine rings is 1. The monoisotopic (exact) mass is 251 g/mol. The van der Waals surface area contributed by atoms with Crippen LogP contribution in [0.4, 0.5) is 0 Å². The lowest BCUT2D eigenvalue weighted by atomic mass is 9.99. The van der Waals surface area contributed by atoms with Gasteiger partial charge in [0.25, 0.3) is 0 Å². The minimum Gasteiger partial charge on any atom is -0.870 e. The van der Waals surface area contributed by atoms with Crippen LogP contribution in [0, 0.1) is 0 Å². The summed E-state index contributed by atoms with van der Waals surface area (Å²) in [5.41, 5.74) is 1.28. The maximum absolute atomic E-state index is 5.74. The molecule has 0 saturated carbocycles. The van der Waals surface area contributed by atoms with Gasteiger partial charge in [0.05, 0.1) is 5.02 Å². The number of aromatic nitrogens is 3. The minimum atomic E-state index is 0. The van der Waals surface area contributed by atoms with E-state index in [1.807, 2.05) is 12.4 Å². The number of hydrogen-bond acceptors (Lipinski definition) is 3. The lowest BCUT2D eigenvalue weighted by Crippen LogP contribution is -2.05. The third-order valence-electron chi connectivity index (χ3n) is 2.48. The van der Waals surface area contributed by atoms with Gasteiger partial charge in [-0.1, -0.05) is 18.5 Å². The fourth-order valence-electron chi connectivity index (χ4n) is 1.56. The van der Waals surface area contributed by atoms with Crippen LogP contribution in [0.3, 0.4) is 0 Å². The number of nitrogens with zero attached hydrogens (tertiary/aromatic N) is 2. The van der Waals surface area contributed by atoms with Gasteiger partial charge in [0.1, 0.15) is 5.82 Å². The zero-order valence-corrected chi connectivity index (χ0v) is 10.2. The van der Waals surface area contributed by atoms with Crippen LogP contribution in [-0.4, -0.2) is 15.4 Å². The molecule has 0 bridgehead atoms. The van der Waals surface area contributed by atoms with E-state index >= 15 is 0 Å². The molecule has 0 fully saturated rings. The molecule has 2 rings (SSSR count). The second-order valence-electron chi connectivity index (χ2n) is 3.76. The SMILES string of the molecule is CC(Cc1ncc(Cl)cn1)c1cc[nH+]cc1.[OH-]. The van der Waals surface area contributed by atoms with Crippen LogP contribution in [0.1, 0.15) is 24.2 Å². The number of hydrogen-bond donors (Lipinski definition) is 0. The summed E-state index contributed by atoms with van der Waals surface area (Å²) in [4.78, 5) is 11.4. The van der Waals surface area contributed by atoms with Crippen LogP contribution < -0.4 is 4.98 Å². The first-order chi connectivity index (χ1) is 7.75. The van der Waals surface area contributed by atoms with Crippen LogP contribution in [0.5, 0.6) is 0 Å². The highest BCUT2D eigenvalue weighted by Gasteiger charge is 2.08. The molecule has 2 heterocycles. The van der Waals surface area contributed by atoms with Crippen LogP contribution in [-0.2, 0) is 6.42 Å². The average molecular weight is 252 g/mol. The highest BCUT2D eigenvalue weighted by atomic mass is 35.5. The smallest absolute Gasteiger partial charge is 0.167 e. The van der Waals surface area contributed by atoms with Crippen molar-refractivity contribution >= 4 is 11.6 Å². The molecule has 4 nitrogen and oxygen atoms in total. The Morgan fingerprint density at radius 3 is 2.41 bits per heavy atom. The van der Waals surface area contributed by atoms with Crippen molar-refractivity contribution in [3.05, 3.63) is 53.3 Å². The molecule has 2 N–H and O–H groups in total. The zero-order chi connectivity index (χ0) is 11.4. The lowest BCUT2D eigenvalue weighted by Gasteiger charge is -2.08. The van der Waals surface area contributed by atoms with E-state index in [4.69, 9.17) is 11.6 Å². The van der Waals surface area contributed by atoms with Gasteiger partial charge in [-0.3, -0.25) is 0 Å². The fraction of sp³-hybridized carbons (Fsp3) is 0.250. The molecule has 0 spiro atoms. The third kappa shape index (κ3) is 3.76. The number of nitrogens with one attached hydrogen (secondary N) is 1. The first kappa shape index (κ1) is 13.5. The van der Waals surface area contributed by atoms with Gasteiger partial charge in [-0.05, 0) is 11.5 Å². The van der Waals surface area contributed by atoms with E-state index < -0.39 is 0 Å². The van der Waals surface area contributed by atoms with Gasteiger partial charge in [0.15, 0.2) is 12.4 Å². The Morgan fingerprint density at radius 2 is 1.82 bits per heavy atom. The standard InChI is InChI=1S/C12H12ClN3.H2O/c1-9(10-2-4-14-5-3-10)6-12-15-7-11(13)8-16-12;/h2-5,7-9H,6H2,1H3;1H2.